The van der Waals surface area contributed by atoms with E-state index in [1.54, 1.807) is 12.3 Å². The molecule has 1 aromatic carbocycles. The number of nitrogens with one attached hydrogen (secondary N) is 1. The minimum absolute atomic E-state index is 0.0940. The second-order valence-electron chi connectivity index (χ2n) is 5.55. The Balaban J connectivity index is 1.86. The Morgan fingerprint density at radius 3 is 2.31 bits per heavy atom. The highest BCUT2D eigenvalue weighted by atomic mass is 32.2. The molecule has 0 saturated heterocycles. The number of nitrogens with two attached hydrogens (primary N) is 1. The average molecular weight is 414 g/mol. The van der Waals surface area contributed by atoms with E-state index < -0.39 is 20.0 Å². The smallest absolute Gasteiger partial charge is 0.271 e. The molecule has 138 valence electrons. The summed E-state index contributed by atoms with van der Waals surface area (Å²) in [6, 6.07) is 6.62. The summed E-state index contributed by atoms with van der Waals surface area (Å²) in [5.74, 6) is 0.526. The maximum Gasteiger partial charge on any atom is 0.271 e. The molecule has 0 amide bonds. The number of aryl methyl sites for hydroxylation is 1. The topological polar surface area (TPSA) is 132 Å². The third-order valence-corrected chi connectivity index (χ3v) is 7.44. The number of aromatic nitrogens is 1. The normalized spacial score (nSPS) is 12.3. The molecule has 0 unspecified atom stereocenters. The van der Waals surface area contributed by atoms with Gasteiger partial charge in [-0.1, -0.05) is 5.16 Å². The summed E-state index contributed by atoms with van der Waals surface area (Å²) in [6.07, 6.45) is 0. The van der Waals surface area contributed by atoms with Gasteiger partial charge < -0.3 is 4.52 Å². The van der Waals surface area contributed by atoms with E-state index in [9.17, 15) is 16.8 Å². The van der Waals surface area contributed by atoms with Crippen molar-refractivity contribution in [3.63, 3.8) is 0 Å². The summed E-state index contributed by atoms with van der Waals surface area (Å²) in [7, 11) is -7.67. The second-order valence-corrected chi connectivity index (χ2v) is 9.93. The van der Waals surface area contributed by atoms with E-state index in [1.165, 1.54) is 30.3 Å². The van der Waals surface area contributed by atoms with Crippen LogP contribution in [-0.4, -0.2) is 22.0 Å². The quantitative estimate of drug-likeness (QED) is 0.660. The van der Waals surface area contributed by atoms with Crippen LogP contribution in [0.5, 0.6) is 0 Å². The van der Waals surface area contributed by atoms with Crippen molar-refractivity contribution in [2.75, 3.05) is 4.72 Å². The van der Waals surface area contributed by atoms with Gasteiger partial charge in [0.2, 0.25) is 10.0 Å². The molecule has 26 heavy (non-hydrogen) atoms. The number of nitrogens with zero attached hydrogens (tertiary/aromatic N) is 1. The summed E-state index contributed by atoms with van der Waals surface area (Å²) in [5, 5.41) is 10.6. The van der Waals surface area contributed by atoms with E-state index in [4.69, 9.17) is 9.66 Å². The van der Waals surface area contributed by atoms with Gasteiger partial charge in [0.05, 0.1) is 10.6 Å². The first kappa shape index (κ1) is 18.6. The van der Waals surface area contributed by atoms with Gasteiger partial charge in [0.1, 0.15) is 4.21 Å². The zero-order chi connectivity index (χ0) is 19.1. The predicted octanol–water partition coefficient (Wildman–Crippen LogP) is 2.47. The summed E-state index contributed by atoms with van der Waals surface area (Å²) < 4.78 is 55.3. The lowest BCUT2D eigenvalue weighted by molar-refractivity contribution is 0.427. The van der Waals surface area contributed by atoms with E-state index in [0.717, 1.165) is 22.6 Å². The molecule has 8 nitrogen and oxygen atoms in total. The van der Waals surface area contributed by atoms with Crippen LogP contribution in [0.4, 0.5) is 5.69 Å². The van der Waals surface area contributed by atoms with Gasteiger partial charge in [-0.2, -0.15) is 0 Å². The van der Waals surface area contributed by atoms with Gasteiger partial charge in [0.25, 0.3) is 10.0 Å². The maximum absolute atomic E-state index is 12.5. The zero-order valence-corrected chi connectivity index (χ0v) is 16.2. The molecule has 0 atom stereocenters. The van der Waals surface area contributed by atoms with Crippen LogP contribution in [0.3, 0.4) is 0 Å². The van der Waals surface area contributed by atoms with Gasteiger partial charge in [-0.25, -0.2) is 22.0 Å². The minimum atomic E-state index is -3.84. The number of benzene rings is 1. The van der Waals surface area contributed by atoms with Crippen molar-refractivity contribution in [3.8, 4) is 11.3 Å². The molecule has 0 spiro atoms. The van der Waals surface area contributed by atoms with Crippen LogP contribution < -0.4 is 9.86 Å². The van der Waals surface area contributed by atoms with Crippen LogP contribution in [-0.2, 0) is 20.0 Å². The molecule has 3 N–H and O–H groups in total. The SMILES string of the molecule is Cc1noc(-c2csc(S(=O)(=O)Nc3ccc(S(N)(=O)=O)cc3)c2)c1C. The predicted molar refractivity (Wildman–Crippen MR) is 97.9 cm³/mol. The average Bonchev–Trinajstić information content (AvgIpc) is 3.15. The van der Waals surface area contributed by atoms with Crippen LogP contribution in [0.25, 0.3) is 11.3 Å². The molecule has 11 heteroatoms. The van der Waals surface area contributed by atoms with Crippen molar-refractivity contribution < 1.29 is 21.4 Å². The largest absolute Gasteiger partial charge is 0.356 e. The number of rotatable bonds is 5. The van der Waals surface area contributed by atoms with Crippen molar-refractivity contribution in [1.29, 1.82) is 0 Å². The molecule has 0 bridgehead atoms. The number of thiophene rings is 1. The summed E-state index contributed by atoms with van der Waals surface area (Å²) >= 11 is 1.04. The third kappa shape index (κ3) is 3.65. The summed E-state index contributed by atoms with van der Waals surface area (Å²) in [5.41, 5.74) is 2.43. The van der Waals surface area contributed by atoms with Crippen molar-refractivity contribution >= 4 is 37.1 Å². The Kier molecular flexibility index (Phi) is 4.65. The first-order valence-electron chi connectivity index (χ1n) is 7.25. The highest BCUT2D eigenvalue weighted by Gasteiger charge is 2.20. The van der Waals surface area contributed by atoms with Crippen LogP contribution in [0, 0.1) is 13.8 Å². The van der Waals surface area contributed by atoms with Gasteiger partial charge in [-0.3, -0.25) is 4.72 Å². The lowest BCUT2D eigenvalue weighted by atomic mass is 10.1. The van der Waals surface area contributed by atoms with Crippen LogP contribution in [0.15, 0.2) is 49.3 Å². The molecule has 0 saturated carbocycles. The molecule has 2 heterocycles. The molecule has 0 aliphatic carbocycles. The second kappa shape index (κ2) is 6.50. The van der Waals surface area contributed by atoms with Crippen LogP contribution >= 0.6 is 11.3 Å². The molecular weight excluding hydrogens is 398 g/mol. The van der Waals surface area contributed by atoms with E-state index in [-0.39, 0.29) is 14.8 Å². The number of primary sulfonamides is 1. The fraction of sp³-hybridized carbons (Fsp3) is 0.133. The first-order valence-corrected chi connectivity index (χ1v) is 11.2. The monoisotopic (exact) mass is 413 g/mol. The number of sulfonamides is 2. The lowest BCUT2D eigenvalue weighted by Gasteiger charge is -2.06. The van der Waals surface area contributed by atoms with E-state index >= 15 is 0 Å². The van der Waals surface area contributed by atoms with Crippen LogP contribution in [0.1, 0.15) is 11.3 Å². The van der Waals surface area contributed by atoms with Crippen molar-refractivity contribution in [3.05, 3.63) is 47.0 Å². The van der Waals surface area contributed by atoms with Crippen LogP contribution in [0.2, 0.25) is 0 Å². The Hall–Kier alpha value is -2.21. The molecule has 0 aliphatic heterocycles. The van der Waals surface area contributed by atoms with E-state index in [2.05, 4.69) is 9.88 Å². The first-order chi connectivity index (χ1) is 12.1. The van der Waals surface area contributed by atoms with Gasteiger partial charge in [0.15, 0.2) is 5.76 Å². The standard InChI is InChI=1S/C15H15N3O5S3/c1-9-10(2)17-23-15(9)11-7-14(24-8-11)26(21,22)18-12-3-5-13(6-4-12)25(16,19)20/h3-8,18H,1-2H3,(H2,16,19,20). The van der Waals surface area contributed by atoms with Gasteiger partial charge >= 0.3 is 0 Å². The Bertz CT molecular complexity index is 1160. The number of anilines is 1. The van der Waals surface area contributed by atoms with E-state index in [1.807, 2.05) is 6.92 Å². The molecule has 0 fully saturated rings. The van der Waals surface area contributed by atoms with Gasteiger partial charge in [0, 0.05) is 22.2 Å². The third-order valence-electron chi connectivity index (χ3n) is 3.69. The summed E-state index contributed by atoms with van der Waals surface area (Å²) in [6.45, 7) is 3.65. The molecular formula is C15H15N3O5S3. The molecule has 2 aromatic heterocycles. The van der Waals surface area contributed by atoms with Gasteiger partial charge in [-0.15, -0.1) is 11.3 Å². The number of hydrogen-bond donors (Lipinski definition) is 2. The minimum Gasteiger partial charge on any atom is -0.356 e. The Labute approximate surface area is 154 Å². The Morgan fingerprint density at radius 1 is 1.12 bits per heavy atom. The maximum atomic E-state index is 12.5. The van der Waals surface area contributed by atoms with Gasteiger partial charge in [-0.05, 0) is 44.2 Å². The van der Waals surface area contributed by atoms with Crippen molar-refractivity contribution in [2.45, 2.75) is 23.0 Å². The zero-order valence-electron chi connectivity index (χ0n) is 13.8. The highest BCUT2D eigenvalue weighted by Crippen LogP contribution is 2.32. The summed E-state index contributed by atoms with van der Waals surface area (Å²) in [4.78, 5) is -0.102. The van der Waals surface area contributed by atoms with E-state index in [0.29, 0.717) is 11.3 Å². The van der Waals surface area contributed by atoms with Crippen molar-refractivity contribution in [2.24, 2.45) is 5.14 Å². The molecule has 3 rings (SSSR count). The Morgan fingerprint density at radius 2 is 1.77 bits per heavy atom. The molecule has 3 aromatic rings. The fourth-order valence-corrected chi connectivity index (χ4v) is 4.91. The lowest BCUT2D eigenvalue weighted by Crippen LogP contribution is -2.13. The van der Waals surface area contributed by atoms with Crippen molar-refractivity contribution in [1.82, 2.24) is 5.16 Å². The fourth-order valence-electron chi connectivity index (χ4n) is 2.18. The molecule has 0 aliphatic rings. The molecule has 0 radical (unpaired) electrons. The number of hydrogen-bond acceptors (Lipinski definition) is 7. The highest BCUT2D eigenvalue weighted by molar-refractivity contribution is 7.94.